The minimum absolute atomic E-state index is 0.0137. The maximum Gasteiger partial charge on any atom is 0.355 e. The summed E-state index contributed by atoms with van der Waals surface area (Å²) >= 11 is 0. The van der Waals surface area contributed by atoms with Crippen molar-refractivity contribution in [2.75, 3.05) is 26.2 Å². The molecule has 1 aliphatic heterocycles. The van der Waals surface area contributed by atoms with Gasteiger partial charge in [0, 0.05) is 17.3 Å². The van der Waals surface area contributed by atoms with Crippen LogP contribution in [0.3, 0.4) is 0 Å². The molecule has 0 aliphatic carbocycles. The third-order valence-electron chi connectivity index (χ3n) is 5.94. The number of rotatable bonds is 6. The van der Waals surface area contributed by atoms with E-state index in [9.17, 15) is 14.9 Å². The third kappa shape index (κ3) is 4.60. The summed E-state index contributed by atoms with van der Waals surface area (Å²) in [6.07, 6.45) is 0. The number of benzene rings is 2. The van der Waals surface area contributed by atoms with Crippen molar-refractivity contribution in [1.29, 1.82) is 5.26 Å². The van der Waals surface area contributed by atoms with Crippen molar-refractivity contribution in [3.05, 3.63) is 101 Å². The van der Waals surface area contributed by atoms with Gasteiger partial charge in [0.15, 0.2) is 0 Å². The summed E-state index contributed by atoms with van der Waals surface area (Å²) in [6.45, 7) is 0. The molecular formula is C28H24N4O5. The van der Waals surface area contributed by atoms with Crippen LogP contribution in [0, 0.1) is 11.3 Å². The van der Waals surface area contributed by atoms with Crippen LogP contribution in [0.15, 0.2) is 95.5 Å². The van der Waals surface area contributed by atoms with E-state index in [1.807, 2.05) is 6.07 Å². The first-order chi connectivity index (χ1) is 17.9. The standard InChI is InChI=1S/C28H24N4O5/c1-35-22-14-8-13-21(31-22)18-11-7-12-19(15-18)32-25(28(34)37-3)24(27(33)36-2)23(20(16-29)26(32)30)17-9-5-4-6-10-17/h4-15,23H,30H2,1-3H3. The SMILES string of the molecule is COC(=O)C1=C(C(=O)OC)N(c2cccc(-c3cccc(OC)n3)c2)C(N)=C(C#N)C1c1ccccc1. The number of carbonyl (C=O) groups excluding carboxylic acids is 2. The lowest BCUT2D eigenvalue weighted by atomic mass is 9.81. The molecule has 186 valence electrons. The average Bonchev–Trinajstić information content (AvgIpc) is 2.96. The zero-order chi connectivity index (χ0) is 26.5. The Hall–Kier alpha value is -5.10. The number of nitriles is 1. The first-order valence-corrected chi connectivity index (χ1v) is 11.2. The second-order valence-corrected chi connectivity index (χ2v) is 7.95. The fraction of sp³-hybridized carbons (Fsp3) is 0.143. The van der Waals surface area contributed by atoms with Crippen molar-refractivity contribution < 1.29 is 23.8 Å². The van der Waals surface area contributed by atoms with Crippen LogP contribution >= 0.6 is 0 Å². The predicted molar refractivity (Wildman–Crippen MR) is 136 cm³/mol. The molecule has 0 radical (unpaired) electrons. The van der Waals surface area contributed by atoms with Crippen molar-refractivity contribution in [2.45, 2.75) is 5.92 Å². The van der Waals surface area contributed by atoms with Crippen LogP contribution in [0.4, 0.5) is 5.69 Å². The van der Waals surface area contributed by atoms with Gasteiger partial charge in [0.05, 0.1) is 50.2 Å². The van der Waals surface area contributed by atoms with Gasteiger partial charge in [-0.2, -0.15) is 5.26 Å². The van der Waals surface area contributed by atoms with Gasteiger partial charge >= 0.3 is 11.9 Å². The maximum atomic E-state index is 13.2. The van der Waals surface area contributed by atoms with Crippen molar-refractivity contribution in [3.63, 3.8) is 0 Å². The second kappa shape index (κ2) is 10.7. The summed E-state index contributed by atoms with van der Waals surface area (Å²) in [4.78, 5) is 32.2. The van der Waals surface area contributed by atoms with Gasteiger partial charge in [-0.05, 0) is 23.8 Å². The summed E-state index contributed by atoms with van der Waals surface area (Å²) < 4.78 is 15.4. The van der Waals surface area contributed by atoms with E-state index < -0.39 is 17.9 Å². The summed E-state index contributed by atoms with van der Waals surface area (Å²) in [5, 5.41) is 10.2. The largest absolute Gasteiger partial charge is 0.481 e. The molecule has 0 amide bonds. The number of nitrogens with zero attached hydrogens (tertiary/aromatic N) is 3. The topological polar surface area (TPSA) is 128 Å². The minimum atomic E-state index is -0.938. The number of pyridine rings is 1. The van der Waals surface area contributed by atoms with Crippen LogP contribution in [0.1, 0.15) is 11.5 Å². The molecule has 1 atom stereocenters. The Kier molecular flexibility index (Phi) is 7.21. The van der Waals surface area contributed by atoms with Crippen LogP contribution in [-0.2, 0) is 19.1 Å². The third-order valence-corrected chi connectivity index (χ3v) is 5.94. The molecule has 4 rings (SSSR count). The number of hydrogen-bond donors (Lipinski definition) is 1. The van der Waals surface area contributed by atoms with Gasteiger partial charge in [-0.25, -0.2) is 14.6 Å². The molecule has 2 N–H and O–H groups in total. The Morgan fingerprint density at radius 1 is 0.946 bits per heavy atom. The molecule has 3 aromatic rings. The molecule has 1 unspecified atom stereocenters. The smallest absolute Gasteiger partial charge is 0.355 e. The molecular weight excluding hydrogens is 472 g/mol. The first kappa shape index (κ1) is 25.0. The van der Waals surface area contributed by atoms with E-state index >= 15 is 0 Å². The van der Waals surface area contributed by atoms with Gasteiger partial charge in [-0.3, -0.25) is 4.90 Å². The molecule has 0 spiro atoms. The Bertz CT molecular complexity index is 1460. The molecule has 0 saturated carbocycles. The normalized spacial score (nSPS) is 15.2. The lowest BCUT2D eigenvalue weighted by molar-refractivity contribution is -0.139. The van der Waals surface area contributed by atoms with E-state index in [-0.39, 0.29) is 22.7 Å². The van der Waals surface area contributed by atoms with Crippen molar-refractivity contribution >= 4 is 17.6 Å². The highest BCUT2D eigenvalue weighted by molar-refractivity contribution is 6.06. The van der Waals surface area contributed by atoms with Crippen LogP contribution in [0.25, 0.3) is 11.3 Å². The molecule has 9 nitrogen and oxygen atoms in total. The number of carbonyl (C=O) groups is 2. The second-order valence-electron chi connectivity index (χ2n) is 7.95. The van der Waals surface area contributed by atoms with Gasteiger partial charge in [0.2, 0.25) is 5.88 Å². The van der Waals surface area contributed by atoms with E-state index in [0.717, 1.165) is 0 Å². The number of aromatic nitrogens is 1. The number of anilines is 1. The maximum absolute atomic E-state index is 13.2. The highest BCUT2D eigenvalue weighted by atomic mass is 16.5. The number of nitrogens with two attached hydrogens (primary N) is 1. The summed E-state index contributed by atoms with van der Waals surface area (Å²) in [5.74, 6) is -2.12. The number of allylic oxidation sites excluding steroid dienone is 1. The van der Waals surface area contributed by atoms with E-state index in [1.54, 1.807) is 66.7 Å². The molecule has 0 bridgehead atoms. The fourth-order valence-corrected chi connectivity index (χ4v) is 4.28. The highest BCUT2D eigenvalue weighted by Crippen LogP contribution is 2.43. The average molecular weight is 497 g/mol. The molecule has 1 aliphatic rings. The van der Waals surface area contributed by atoms with Crippen LogP contribution in [0.2, 0.25) is 0 Å². The zero-order valence-corrected chi connectivity index (χ0v) is 20.5. The van der Waals surface area contributed by atoms with Crippen LogP contribution in [-0.4, -0.2) is 38.3 Å². The summed E-state index contributed by atoms with van der Waals surface area (Å²) in [6, 6.07) is 23.3. The van der Waals surface area contributed by atoms with Gasteiger partial charge in [-0.1, -0.05) is 48.5 Å². The molecule has 0 saturated heterocycles. The van der Waals surface area contributed by atoms with E-state index in [1.165, 1.54) is 26.2 Å². The van der Waals surface area contributed by atoms with Gasteiger partial charge < -0.3 is 19.9 Å². The molecule has 1 aromatic heterocycles. The predicted octanol–water partition coefficient (Wildman–Crippen LogP) is 3.65. The van der Waals surface area contributed by atoms with Crippen molar-refractivity contribution in [1.82, 2.24) is 4.98 Å². The number of esters is 2. The molecule has 9 heteroatoms. The zero-order valence-electron chi connectivity index (χ0n) is 20.5. The molecule has 2 heterocycles. The quantitative estimate of drug-likeness (QED) is 0.509. The Morgan fingerprint density at radius 3 is 2.30 bits per heavy atom. The number of ether oxygens (including phenoxy) is 3. The Morgan fingerprint density at radius 2 is 1.65 bits per heavy atom. The minimum Gasteiger partial charge on any atom is -0.481 e. The lowest BCUT2D eigenvalue weighted by Gasteiger charge is -2.36. The van der Waals surface area contributed by atoms with Gasteiger partial charge in [0.25, 0.3) is 0 Å². The number of methoxy groups -OCH3 is 3. The van der Waals surface area contributed by atoms with E-state index in [2.05, 4.69) is 11.1 Å². The van der Waals surface area contributed by atoms with Crippen molar-refractivity contribution in [3.8, 4) is 23.2 Å². The van der Waals surface area contributed by atoms with Crippen LogP contribution in [0.5, 0.6) is 5.88 Å². The summed E-state index contributed by atoms with van der Waals surface area (Å²) in [7, 11) is 3.94. The number of hydrogen-bond acceptors (Lipinski definition) is 9. The Balaban J connectivity index is 2.00. The van der Waals surface area contributed by atoms with Crippen LogP contribution < -0.4 is 15.4 Å². The fourth-order valence-electron chi connectivity index (χ4n) is 4.28. The highest BCUT2D eigenvalue weighted by Gasteiger charge is 2.43. The van der Waals surface area contributed by atoms with E-state index in [0.29, 0.717) is 28.4 Å². The van der Waals surface area contributed by atoms with Gasteiger partial charge in [0.1, 0.15) is 11.5 Å². The first-order valence-electron chi connectivity index (χ1n) is 11.2. The molecule has 2 aromatic carbocycles. The molecule has 37 heavy (non-hydrogen) atoms. The van der Waals surface area contributed by atoms with Gasteiger partial charge in [-0.15, -0.1) is 0 Å². The molecule has 0 fully saturated rings. The Labute approximate surface area is 214 Å². The van der Waals surface area contributed by atoms with Crippen molar-refractivity contribution in [2.24, 2.45) is 5.73 Å². The summed E-state index contributed by atoms with van der Waals surface area (Å²) in [5.41, 5.74) is 8.77. The monoisotopic (exact) mass is 496 g/mol. The lowest BCUT2D eigenvalue weighted by Crippen LogP contribution is -2.40. The van der Waals surface area contributed by atoms with E-state index in [4.69, 9.17) is 19.9 Å².